The van der Waals surface area contributed by atoms with Crippen molar-refractivity contribution in [3.05, 3.63) is 48.3 Å². The van der Waals surface area contributed by atoms with Crippen molar-refractivity contribution >= 4 is 11.9 Å². The van der Waals surface area contributed by atoms with E-state index in [4.69, 9.17) is 4.74 Å². The molecule has 26 heavy (non-hydrogen) atoms. The van der Waals surface area contributed by atoms with Gasteiger partial charge in [0.05, 0.1) is 18.5 Å². The normalized spacial score (nSPS) is 25.0. The number of aromatic nitrogens is 3. The van der Waals surface area contributed by atoms with Crippen LogP contribution in [0.5, 0.6) is 0 Å². The molecule has 8 heteroatoms. The molecule has 2 aliphatic rings. The number of nitrogens with zero attached hydrogens (tertiary/aromatic N) is 4. The molecule has 1 N–H and O–H groups in total. The molecule has 0 radical (unpaired) electrons. The molecule has 2 aliphatic heterocycles. The van der Waals surface area contributed by atoms with Crippen LogP contribution in [-0.4, -0.2) is 46.2 Å². The number of pyridine rings is 1. The molecule has 2 saturated heterocycles. The van der Waals surface area contributed by atoms with Crippen LogP contribution in [0.4, 0.5) is 10.3 Å². The van der Waals surface area contributed by atoms with Gasteiger partial charge < -0.3 is 15.0 Å². The molecule has 7 nitrogen and oxygen atoms in total. The monoisotopic (exact) mass is 357 g/mol. The quantitative estimate of drug-likeness (QED) is 0.889. The summed E-state index contributed by atoms with van der Waals surface area (Å²) in [5.41, 5.74) is 0.955. The summed E-state index contributed by atoms with van der Waals surface area (Å²) in [5.74, 6) is 0.303. The van der Waals surface area contributed by atoms with Crippen LogP contribution in [0.15, 0.2) is 36.9 Å². The Hall–Kier alpha value is -2.61. The van der Waals surface area contributed by atoms with Crippen LogP contribution in [0.25, 0.3) is 0 Å². The number of hydrogen-bond donors (Lipinski definition) is 1. The first-order valence-electron chi connectivity index (χ1n) is 8.73. The number of rotatable bonds is 4. The molecule has 0 bridgehead atoms. The third-order valence-electron chi connectivity index (χ3n) is 4.92. The molecule has 136 valence electrons. The molecule has 3 atom stereocenters. The molecule has 1 amide bonds. The molecule has 0 spiro atoms. The number of nitrogens with one attached hydrogen (secondary N) is 1. The summed E-state index contributed by atoms with van der Waals surface area (Å²) < 4.78 is 19.0. The van der Waals surface area contributed by atoms with Gasteiger partial charge in [-0.1, -0.05) is 6.07 Å². The molecule has 4 heterocycles. The van der Waals surface area contributed by atoms with Gasteiger partial charge in [0.15, 0.2) is 5.82 Å². The summed E-state index contributed by atoms with van der Waals surface area (Å²) in [4.78, 5) is 26.5. The third kappa shape index (κ3) is 3.65. The van der Waals surface area contributed by atoms with E-state index in [9.17, 15) is 9.18 Å². The van der Waals surface area contributed by atoms with Gasteiger partial charge in [0.25, 0.3) is 0 Å². The minimum Gasteiger partial charge on any atom is -0.363 e. The van der Waals surface area contributed by atoms with Gasteiger partial charge in [0.2, 0.25) is 11.9 Å². The summed E-state index contributed by atoms with van der Waals surface area (Å²) in [6.07, 6.45) is 6.92. The third-order valence-corrected chi connectivity index (χ3v) is 4.92. The largest absolute Gasteiger partial charge is 0.363 e. The zero-order valence-corrected chi connectivity index (χ0v) is 14.2. The molecule has 0 aliphatic carbocycles. The van der Waals surface area contributed by atoms with Crippen molar-refractivity contribution < 1.29 is 13.9 Å². The van der Waals surface area contributed by atoms with Gasteiger partial charge in [-0.3, -0.25) is 9.78 Å². The van der Waals surface area contributed by atoms with E-state index in [0.717, 1.165) is 24.9 Å². The van der Waals surface area contributed by atoms with Crippen molar-refractivity contribution in [1.29, 1.82) is 0 Å². The van der Waals surface area contributed by atoms with Crippen LogP contribution < -0.4 is 10.2 Å². The number of hydrogen-bond acceptors (Lipinski definition) is 6. The SMILES string of the molecule is O=C(NCc1cccnc1)[C@@H]1C[C@@H]2CCN(c3ncc(F)cn3)C[C@H]2O1. The second-order valence-corrected chi connectivity index (χ2v) is 6.67. The Morgan fingerprint density at radius 3 is 2.96 bits per heavy atom. The smallest absolute Gasteiger partial charge is 0.249 e. The number of amides is 1. The Balaban J connectivity index is 1.32. The van der Waals surface area contributed by atoms with Crippen molar-refractivity contribution in [2.75, 3.05) is 18.0 Å². The zero-order chi connectivity index (χ0) is 17.9. The van der Waals surface area contributed by atoms with Gasteiger partial charge in [-0.05, 0) is 30.4 Å². The molecule has 4 rings (SSSR count). The first-order chi connectivity index (χ1) is 12.7. The number of ether oxygens (including phenoxy) is 1. The molecular formula is C18H20FN5O2. The lowest BCUT2D eigenvalue weighted by Crippen LogP contribution is -2.43. The fraction of sp³-hybridized carbons (Fsp3) is 0.444. The Labute approximate surface area is 150 Å². The second-order valence-electron chi connectivity index (χ2n) is 6.67. The molecule has 0 saturated carbocycles. The first kappa shape index (κ1) is 16.8. The summed E-state index contributed by atoms with van der Waals surface area (Å²) in [6, 6.07) is 3.76. The standard InChI is InChI=1S/C18H20FN5O2/c19-14-9-22-18(23-10-14)24-5-3-13-6-15(26-16(13)11-24)17(25)21-8-12-2-1-4-20-7-12/h1-2,4,7,9-10,13,15-16H,3,5-6,8,11H2,(H,21,25)/t13-,15-,16+/m0/s1. The van der Waals surface area contributed by atoms with E-state index in [0.29, 0.717) is 25.0 Å². The molecule has 2 aromatic rings. The van der Waals surface area contributed by atoms with Crippen molar-refractivity contribution in [3.63, 3.8) is 0 Å². The van der Waals surface area contributed by atoms with Crippen LogP contribution >= 0.6 is 0 Å². The molecule has 2 aromatic heterocycles. The zero-order valence-electron chi connectivity index (χ0n) is 14.2. The maximum Gasteiger partial charge on any atom is 0.249 e. The maximum absolute atomic E-state index is 13.0. The number of piperidine rings is 1. The Morgan fingerprint density at radius 1 is 1.35 bits per heavy atom. The van der Waals surface area contributed by atoms with Crippen LogP contribution in [0.1, 0.15) is 18.4 Å². The Kier molecular flexibility index (Phi) is 4.75. The van der Waals surface area contributed by atoms with E-state index in [-0.39, 0.29) is 12.0 Å². The van der Waals surface area contributed by atoms with E-state index in [1.165, 1.54) is 12.4 Å². The van der Waals surface area contributed by atoms with Crippen molar-refractivity contribution in [2.24, 2.45) is 5.92 Å². The first-order valence-corrected chi connectivity index (χ1v) is 8.73. The van der Waals surface area contributed by atoms with Crippen molar-refractivity contribution in [2.45, 2.75) is 31.6 Å². The topological polar surface area (TPSA) is 80.2 Å². The van der Waals surface area contributed by atoms with Crippen molar-refractivity contribution in [1.82, 2.24) is 20.3 Å². The molecule has 0 unspecified atom stereocenters. The minimum atomic E-state index is -0.453. The Bertz CT molecular complexity index is 758. The highest BCUT2D eigenvalue weighted by Crippen LogP contribution is 2.34. The minimum absolute atomic E-state index is 0.0356. The number of halogens is 1. The fourth-order valence-electron chi connectivity index (χ4n) is 3.56. The highest BCUT2D eigenvalue weighted by molar-refractivity contribution is 5.81. The van der Waals surface area contributed by atoms with Gasteiger partial charge >= 0.3 is 0 Å². The summed E-state index contributed by atoms with van der Waals surface area (Å²) in [7, 11) is 0. The number of carbonyl (C=O) groups excluding carboxylic acids is 1. The van der Waals surface area contributed by atoms with Gasteiger partial charge in [-0.2, -0.15) is 0 Å². The van der Waals surface area contributed by atoms with Gasteiger partial charge in [-0.25, -0.2) is 14.4 Å². The van der Waals surface area contributed by atoms with E-state index in [1.54, 1.807) is 12.4 Å². The van der Waals surface area contributed by atoms with E-state index in [2.05, 4.69) is 20.3 Å². The highest BCUT2D eigenvalue weighted by atomic mass is 19.1. The fourth-order valence-corrected chi connectivity index (χ4v) is 3.56. The van der Waals surface area contributed by atoms with Crippen LogP contribution in [0.2, 0.25) is 0 Å². The number of fused-ring (bicyclic) bond motifs is 1. The van der Waals surface area contributed by atoms with Crippen LogP contribution in [0.3, 0.4) is 0 Å². The van der Waals surface area contributed by atoms with Gasteiger partial charge in [-0.15, -0.1) is 0 Å². The molecular weight excluding hydrogens is 337 g/mol. The predicted octanol–water partition coefficient (Wildman–Crippen LogP) is 1.31. The number of anilines is 1. The van der Waals surface area contributed by atoms with Crippen molar-refractivity contribution in [3.8, 4) is 0 Å². The number of carbonyl (C=O) groups is 1. The van der Waals surface area contributed by atoms with E-state index in [1.807, 2.05) is 17.0 Å². The lowest BCUT2D eigenvalue weighted by Gasteiger charge is -2.33. The predicted molar refractivity (Wildman–Crippen MR) is 91.7 cm³/mol. The van der Waals surface area contributed by atoms with Gasteiger partial charge in [0.1, 0.15) is 6.10 Å². The lowest BCUT2D eigenvalue weighted by molar-refractivity contribution is -0.132. The summed E-state index contributed by atoms with van der Waals surface area (Å²) >= 11 is 0. The molecule has 2 fully saturated rings. The van der Waals surface area contributed by atoms with E-state index < -0.39 is 11.9 Å². The van der Waals surface area contributed by atoms with Crippen LogP contribution in [-0.2, 0) is 16.1 Å². The highest BCUT2D eigenvalue weighted by Gasteiger charge is 2.42. The average Bonchev–Trinajstić information content (AvgIpc) is 3.11. The van der Waals surface area contributed by atoms with Gasteiger partial charge in [0, 0.05) is 32.0 Å². The molecule has 0 aromatic carbocycles. The van der Waals surface area contributed by atoms with E-state index >= 15 is 0 Å². The lowest BCUT2D eigenvalue weighted by atomic mass is 9.92. The summed E-state index contributed by atoms with van der Waals surface area (Å²) in [5, 5.41) is 2.92. The Morgan fingerprint density at radius 2 is 2.19 bits per heavy atom. The summed E-state index contributed by atoms with van der Waals surface area (Å²) in [6.45, 7) is 1.83. The van der Waals surface area contributed by atoms with Crippen LogP contribution in [0, 0.1) is 11.7 Å². The maximum atomic E-state index is 13.0. The average molecular weight is 357 g/mol. The second kappa shape index (κ2) is 7.33.